The molecule has 0 radical (unpaired) electrons. The average Bonchev–Trinajstić information content (AvgIpc) is 2.92. The summed E-state index contributed by atoms with van der Waals surface area (Å²) >= 11 is 1.28. The largest absolute Gasteiger partial charge is 0.462 e. The molecule has 0 aromatic carbocycles. The number of ether oxygens (including phenoxy) is 1. The molecule has 1 fully saturated rings. The Morgan fingerprint density at radius 2 is 2.22 bits per heavy atom. The van der Waals surface area contributed by atoms with E-state index < -0.39 is 0 Å². The quantitative estimate of drug-likeness (QED) is 0.853. The molecular formula is C13H17NO3S. The fourth-order valence-corrected chi connectivity index (χ4v) is 2.81. The molecule has 2 unspecified atom stereocenters. The van der Waals surface area contributed by atoms with Crippen LogP contribution in [0.4, 0.5) is 5.00 Å². The first-order valence-electron chi connectivity index (χ1n) is 6.11. The van der Waals surface area contributed by atoms with Gasteiger partial charge in [-0.3, -0.25) is 4.79 Å². The number of amides is 1. The third-order valence-corrected chi connectivity index (χ3v) is 4.20. The number of esters is 1. The molecule has 0 aliphatic heterocycles. The zero-order chi connectivity index (χ0) is 13.3. The zero-order valence-corrected chi connectivity index (χ0v) is 11.6. The van der Waals surface area contributed by atoms with Crippen LogP contribution in [-0.4, -0.2) is 18.5 Å². The number of carbonyl (C=O) groups excluding carboxylic acids is 2. The van der Waals surface area contributed by atoms with Crippen LogP contribution in [0.5, 0.6) is 0 Å². The summed E-state index contributed by atoms with van der Waals surface area (Å²) < 4.78 is 4.96. The van der Waals surface area contributed by atoms with E-state index in [-0.39, 0.29) is 17.8 Å². The van der Waals surface area contributed by atoms with Gasteiger partial charge in [-0.15, -0.1) is 11.3 Å². The van der Waals surface area contributed by atoms with E-state index in [4.69, 9.17) is 4.74 Å². The van der Waals surface area contributed by atoms with E-state index in [2.05, 4.69) is 12.2 Å². The van der Waals surface area contributed by atoms with Gasteiger partial charge in [-0.1, -0.05) is 6.92 Å². The highest BCUT2D eigenvalue weighted by Crippen LogP contribution is 2.39. The molecule has 2 atom stereocenters. The van der Waals surface area contributed by atoms with Gasteiger partial charge in [-0.2, -0.15) is 0 Å². The van der Waals surface area contributed by atoms with Gasteiger partial charge in [0.2, 0.25) is 5.91 Å². The number of thiophene rings is 1. The summed E-state index contributed by atoms with van der Waals surface area (Å²) in [5.41, 5.74) is 0.845. The van der Waals surface area contributed by atoms with Gasteiger partial charge in [0.05, 0.1) is 11.6 Å². The van der Waals surface area contributed by atoms with E-state index in [1.165, 1.54) is 11.3 Å². The molecule has 4 nitrogen and oxygen atoms in total. The normalized spacial score (nSPS) is 21.5. The molecule has 1 aliphatic carbocycles. The van der Waals surface area contributed by atoms with Gasteiger partial charge in [-0.05, 0) is 37.8 Å². The highest BCUT2D eigenvalue weighted by atomic mass is 32.1. The van der Waals surface area contributed by atoms with Crippen molar-refractivity contribution >= 4 is 28.2 Å². The Bertz CT molecular complexity index is 481. The lowest BCUT2D eigenvalue weighted by Gasteiger charge is -2.00. The Morgan fingerprint density at radius 3 is 2.78 bits per heavy atom. The zero-order valence-electron chi connectivity index (χ0n) is 10.8. The monoisotopic (exact) mass is 267 g/mol. The van der Waals surface area contributed by atoms with E-state index >= 15 is 0 Å². The van der Waals surface area contributed by atoms with Crippen molar-refractivity contribution in [3.05, 3.63) is 16.5 Å². The molecule has 98 valence electrons. The lowest BCUT2D eigenvalue weighted by molar-refractivity contribution is -0.117. The van der Waals surface area contributed by atoms with E-state index in [1.54, 1.807) is 6.92 Å². The number of hydrogen-bond donors (Lipinski definition) is 1. The van der Waals surface area contributed by atoms with Gasteiger partial charge in [0, 0.05) is 5.92 Å². The summed E-state index contributed by atoms with van der Waals surface area (Å²) in [5, 5.41) is 3.59. The second-order valence-corrected chi connectivity index (χ2v) is 5.70. The van der Waals surface area contributed by atoms with Crippen molar-refractivity contribution in [2.45, 2.75) is 27.2 Å². The van der Waals surface area contributed by atoms with Crippen molar-refractivity contribution in [3.8, 4) is 0 Å². The minimum atomic E-state index is -0.319. The molecule has 1 heterocycles. The van der Waals surface area contributed by atoms with Crippen molar-refractivity contribution in [1.29, 1.82) is 0 Å². The third kappa shape index (κ3) is 2.72. The van der Waals surface area contributed by atoms with Gasteiger partial charge in [0.15, 0.2) is 0 Å². The first kappa shape index (κ1) is 13.1. The predicted molar refractivity (Wildman–Crippen MR) is 70.9 cm³/mol. The van der Waals surface area contributed by atoms with Gasteiger partial charge in [0.1, 0.15) is 4.88 Å². The molecule has 1 N–H and O–H groups in total. The summed E-state index contributed by atoms with van der Waals surface area (Å²) in [6.45, 7) is 6.04. The Hall–Kier alpha value is -1.36. The van der Waals surface area contributed by atoms with Crippen molar-refractivity contribution in [1.82, 2.24) is 0 Å². The molecular weight excluding hydrogens is 250 g/mol. The molecule has 0 bridgehead atoms. The molecule has 1 aromatic rings. The Balaban J connectivity index is 2.04. The number of anilines is 1. The Morgan fingerprint density at radius 1 is 1.56 bits per heavy atom. The van der Waals surface area contributed by atoms with Crippen molar-refractivity contribution in [2.75, 3.05) is 11.9 Å². The molecule has 1 saturated carbocycles. The molecule has 5 heteroatoms. The van der Waals surface area contributed by atoms with Crippen LogP contribution >= 0.6 is 11.3 Å². The lowest BCUT2D eigenvalue weighted by atomic mass is 10.3. The Kier molecular flexibility index (Phi) is 3.71. The van der Waals surface area contributed by atoms with Gasteiger partial charge < -0.3 is 10.1 Å². The van der Waals surface area contributed by atoms with E-state index in [0.717, 1.165) is 17.0 Å². The average molecular weight is 267 g/mol. The number of nitrogens with one attached hydrogen (secondary N) is 1. The molecule has 1 aliphatic rings. The van der Waals surface area contributed by atoms with Crippen molar-refractivity contribution in [3.63, 3.8) is 0 Å². The predicted octanol–water partition coefficient (Wildman–Crippen LogP) is 2.83. The summed E-state index contributed by atoms with van der Waals surface area (Å²) in [6.07, 6.45) is 0.959. The van der Waals surface area contributed by atoms with Crippen LogP contribution in [0, 0.1) is 18.8 Å². The summed E-state index contributed by atoms with van der Waals surface area (Å²) in [5.74, 6) is 0.355. The van der Waals surface area contributed by atoms with Crippen LogP contribution in [0.2, 0.25) is 0 Å². The second-order valence-electron chi connectivity index (χ2n) is 4.65. The molecule has 18 heavy (non-hydrogen) atoms. The highest BCUT2D eigenvalue weighted by molar-refractivity contribution is 7.18. The lowest BCUT2D eigenvalue weighted by Crippen LogP contribution is -2.13. The van der Waals surface area contributed by atoms with E-state index in [0.29, 0.717) is 17.4 Å². The SMILES string of the molecule is CCOC(=O)c1sc(NC(=O)C2CC2C)cc1C. The molecule has 1 amide bonds. The fraction of sp³-hybridized carbons (Fsp3) is 0.538. The number of rotatable bonds is 4. The third-order valence-electron chi connectivity index (χ3n) is 3.07. The number of carbonyl (C=O) groups is 2. The smallest absolute Gasteiger partial charge is 0.348 e. The van der Waals surface area contributed by atoms with Crippen LogP contribution < -0.4 is 5.32 Å². The van der Waals surface area contributed by atoms with E-state index in [9.17, 15) is 9.59 Å². The minimum absolute atomic E-state index is 0.0548. The summed E-state index contributed by atoms with van der Waals surface area (Å²) in [6, 6.07) is 1.82. The van der Waals surface area contributed by atoms with Crippen molar-refractivity contribution in [2.24, 2.45) is 11.8 Å². The maximum atomic E-state index is 11.8. The highest BCUT2D eigenvalue weighted by Gasteiger charge is 2.39. The first-order chi connectivity index (χ1) is 8.52. The van der Waals surface area contributed by atoms with Crippen LogP contribution in [0.25, 0.3) is 0 Å². The number of aryl methyl sites for hydroxylation is 1. The van der Waals surface area contributed by atoms with Gasteiger partial charge >= 0.3 is 5.97 Å². The standard InChI is InChI=1S/C13H17NO3S/c1-4-17-13(16)11-8(3)6-10(18-11)14-12(15)9-5-7(9)2/h6-7,9H,4-5H2,1-3H3,(H,14,15). The van der Waals surface area contributed by atoms with Crippen LogP contribution in [0.3, 0.4) is 0 Å². The molecule has 1 aromatic heterocycles. The molecule has 2 rings (SSSR count). The summed E-state index contributed by atoms with van der Waals surface area (Å²) in [4.78, 5) is 24.0. The topological polar surface area (TPSA) is 55.4 Å². The van der Waals surface area contributed by atoms with Crippen LogP contribution in [-0.2, 0) is 9.53 Å². The van der Waals surface area contributed by atoms with Crippen LogP contribution in [0.15, 0.2) is 6.07 Å². The first-order valence-corrected chi connectivity index (χ1v) is 6.93. The Labute approximate surface area is 110 Å². The molecule has 0 spiro atoms. The second kappa shape index (κ2) is 5.10. The van der Waals surface area contributed by atoms with Crippen molar-refractivity contribution < 1.29 is 14.3 Å². The summed E-state index contributed by atoms with van der Waals surface area (Å²) in [7, 11) is 0. The van der Waals surface area contributed by atoms with Gasteiger partial charge in [-0.25, -0.2) is 4.79 Å². The van der Waals surface area contributed by atoms with Gasteiger partial charge in [0.25, 0.3) is 0 Å². The number of hydrogen-bond acceptors (Lipinski definition) is 4. The molecule has 0 saturated heterocycles. The van der Waals surface area contributed by atoms with Crippen LogP contribution in [0.1, 0.15) is 35.5 Å². The minimum Gasteiger partial charge on any atom is -0.462 e. The maximum absolute atomic E-state index is 11.8. The maximum Gasteiger partial charge on any atom is 0.348 e. The fourth-order valence-electron chi connectivity index (χ4n) is 1.84. The van der Waals surface area contributed by atoms with E-state index in [1.807, 2.05) is 13.0 Å².